The van der Waals surface area contributed by atoms with Gasteiger partial charge in [0, 0.05) is 5.56 Å². The van der Waals surface area contributed by atoms with Gasteiger partial charge in [-0.3, -0.25) is 4.79 Å². The third-order valence-electron chi connectivity index (χ3n) is 4.96. The molecule has 7 heteroatoms. The van der Waals surface area contributed by atoms with Gasteiger partial charge in [0.25, 0.3) is 0 Å². The molecular weight excluding hydrogens is 430 g/mol. The second-order valence-corrected chi connectivity index (χ2v) is 9.07. The summed E-state index contributed by atoms with van der Waals surface area (Å²) < 4.78 is 0. The number of aryl methyl sites for hydroxylation is 1. The highest BCUT2D eigenvalue weighted by Gasteiger charge is 2.18. The first-order valence-corrected chi connectivity index (χ1v) is 11.1. The average molecular weight is 452 g/mol. The standard InChI is InChI=1S/C24H22ClN3O2S/c1-14-9-10-20(19(25)11-14)26-23(30)15(2)31-24-27-21-8-4-7-18(22(21)28-24)17-6-3-5-16(12-17)13-29/h3-12,15,29H,13H2,1-2H3,(H,26,30)(H,27,28). The van der Waals surface area contributed by atoms with Crippen LogP contribution in [0.1, 0.15) is 18.1 Å². The number of benzene rings is 3. The number of aromatic amines is 1. The quantitative estimate of drug-likeness (QED) is 0.323. The Kier molecular flexibility index (Phi) is 6.32. The van der Waals surface area contributed by atoms with Crippen molar-refractivity contribution >= 4 is 46.0 Å². The molecule has 0 radical (unpaired) electrons. The number of aromatic nitrogens is 2. The Morgan fingerprint density at radius 1 is 1.19 bits per heavy atom. The van der Waals surface area contributed by atoms with Crippen LogP contribution in [0.15, 0.2) is 65.8 Å². The molecule has 1 atom stereocenters. The third kappa shape index (κ3) is 4.77. The topological polar surface area (TPSA) is 78.0 Å². The van der Waals surface area contributed by atoms with E-state index in [2.05, 4.69) is 15.3 Å². The number of hydrogen-bond acceptors (Lipinski definition) is 4. The number of carbonyl (C=O) groups excluding carboxylic acids is 1. The monoisotopic (exact) mass is 451 g/mol. The van der Waals surface area contributed by atoms with Gasteiger partial charge in [-0.25, -0.2) is 4.98 Å². The highest BCUT2D eigenvalue weighted by Crippen LogP contribution is 2.31. The summed E-state index contributed by atoms with van der Waals surface area (Å²) in [5, 5.41) is 13.1. The smallest absolute Gasteiger partial charge is 0.237 e. The van der Waals surface area contributed by atoms with Gasteiger partial charge in [-0.2, -0.15) is 0 Å². The Bertz CT molecular complexity index is 1250. The lowest BCUT2D eigenvalue weighted by Crippen LogP contribution is -2.22. The molecule has 5 nitrogen and oxygen atoms in total. The number of imidazole rings is 1. The minimum absolute atomic E-state index is 0.00841. The van der Waals surface area contributed by atoms with Gasteiger partial charge < -0.3 is 15.4 Å². The molecule has 158 valence electrons. The molecule has 0 fully saturated rings. The van der Waals surface area contributed by atoms with Crippen molar-refractivity contribution in [2.24, 2.45) is 0 Å². The Labute approximate surface area is 189 Å². The Hall–Kier alpha value is -2.80. The van der Waals surface area contributed by atoms with Crippen LogP contribution in [-0.4, -0.2) is 26.2 Å². The molecule has 0 aliphatic carbocycles. The number of nitrogens with zero attached hydrogens (tertiary/aromatic N) is 1. The number of hydrogen-bond donors (Lipinski definition) is 3. The zero-order chi connectivity index (χ0) is 22.0. The van der Waals surface area contributed by atoms with Crippen LogP contribution >= 0.6 is 23.4 Å². The number of rotatable bonds is 6. The van der Waals surface area contributed by atoms with E-state index in [0.29, 0.717) is 15.9 Å². The van der Waals surface area contributed by atoms with Crippen molar-refractivity contribution in [3.8, 4) is 11.1 Å². The summed E-state index contributed by atoms with van der Waals surface area (Å²) in [4.78, 5) is 20.7. The van der Waals surface area contributed by atoms with E-state index in [1.807, 2.05) is 68.4 Å². The average Bonchev–Trinajstić information content (AvgIpc) is 3.18. The summed E-state index contributed by atoms with van der Waals surface area (Å²) in [6.07, 6.45) is 0. The van der Waals surface area contributed by atoms with Crippen LogP contribution in [0.3, 0.4) is 0 Å². The molecular formula is C24H22ClN3O2S. The van der Waals surface area contributed by atoms with Gasteiger partial charge in [0.1, 0.15) is 0 Å². The van der Waals surface area contributed by atoms with E-state index in [-0.39, 0.29) is 17.8 Å². The van der Waals surface area contributed by atoms with E-state index < -0.39 is 0 Å². The molecule has 31 heavy (non-hydrogen) atoms. The summed E-state index contributed by atoms with van der Waals surface area (Å²) in [5.74, 6) is -0.146. The summed E-state index contributed by atoms with van der Waals surface area (Å²) in [6.45, 7) is 3.78. The van der Waals surface area contributed by atoms with Gasteiger partial charge in [0.2, 0.25) is 5.91 Å². The lowest BCUT2D eigenvalue weighted by atomic mass is 10.0. The zero-order valence-corrected chi connectivity index (χ0v) is 18.7. The van der Waals surface area contributed by atoms with E-state index in [1.54, 1.807) is 6.07 Å². The summed E-state index contributed by atoms with van der Waals surface area (Å²) >= 11 is 7.59. The molecule has 0 bridgehead atoms. The van der Waals surface area contributed by atoms with Gasteiger partial charge in [-0.05, 0) is 54.8 Å². The Morgan fingerprint density at radius 2 is 2.00 bits per heavy atom. The molecule has 0 aliphatic heterocycles. The highest BCUT2D eigenvalue weighted by atomic mass is 35.5. The fourth-order valence-corrected chi connectivity index (χ4v) is 4.41. The van der Waals surface area contributed by atoms with Crippen molar-refractivity contribution in [1.82, 2.24) is 9.97 Å². The minimum atomic E-state index is -0.376. The summed E-state index contributed by atoms with van der Waals surface area (Å²) in [7, 11) is 0. The van der Waals surface area contributed by atoms with Crippen LogP contribution in [0.5, 0.6) is 0 Å². The minimum Gasteiger partial charge on any atom is -0.392 e. The Balaban J connectivity index is 1.55. The number of H-pyrrole nitrogens is 1. The van der Waals surface area contributed by atoms with E-state index >= 15 is 0 Å². The summed E-state index contributed by atoms with van der Waals surface area (Å²) in [5.41, 5.74) is 6.20. The van der Waals surface area contributed by atoms with Crippen molar-refractivity contribution in [3.05, 3.63) is 76.8 Å². The van der Waals surface area contributed by atoms with Crippen molar-refractivity contribution in [2.75, 3.05) is 5.32 Å². The third-order valence-corrected chi connectivity index (χ3v) is 6.25. The number of aliphatic hydroxyl groups is 1. The van der Waals surface area contributed by atoms with Crippen molar-refractivity contribution in [2.45, 2.75) is 30.9 Å². The largest absolute Gasteiger partial charge is 0.392 e. The number of aliphatic hydroxyl groups excluding tert-OH is 1. The van der Waals surface area contributed by atoms with E-state index in [9.17, 15) is 9.90 Å². The van der Waals surface area contributed by atoms with Gasteiger partial charge in [-0.15, -0.1) is 0 Å². The van der Waals surface area contributed by atoms with Gasteiger partial charge in [0.15, 0.2) is 5.16 Å². The Morgan fingerprint density at radius 3 is 2.77 bits per heavy atom. The van der Waals surface area contributed by atoms with Crippen molar-refractivity contribution in [3.63, 3.8) is 0 Å². The first kappa shape index (κ1) is 21.4. The normalized spacial score (nSPS) is 12.1. The molecule has 4 rings (SSSR count). The first-order chi connectivity index (χ1) is 14.9. The fraction of sp³-hybridized carbons (Fsp3) is 0.167. The highest BCUT2D eigenvalue weighted by molar-refractivity contribution is 8.00. The van der Waals surface area contributed by atoms with Crippen LogP contribution in [0, 0.1) is 6.92 Å². The molecule has 1 amide bonds. The van der Waals surface area contributed by atoms with Crippen LogP contribution in [0.2, 0.25) is 5.02 Å². The lowest BCUT2D eigenvalue weighted by molar-refractivity contribution is -0.115. The van der Waals surface area contributed by atoms with Gasteiger partial charge in [-0.1, -0.05) is 59.8 Å². The lowest BCUT2D eigenvalue weighted by Gasteiger charge is -2.12. The van der Waals surface area contributed by atoms with E-state index in [1.165, 1.54) is 11.8 Å². The molecule has 0 aliphatic rings. The van der Waals surface area contributed by atoms with Crippen molar-refractivity contribution < 1.29 is 9.90 Å². The van der Waals surface area contributed by atoms with Crippen molar-refractivity contribution in [1.29, 1.82) is 0 Å². The zero-order valence-electron chi connectivity index (χ0n) is 17.1. The number of para-hydroxylation sites is 1. The van der Waals surface area contributed by atoms with Crippen LogP contribution in [-0.2, 0) is 11.4 Å². The maximum Gasteiger partial charge on any atom is 0.237 e. The SMILES string of the molecule is Cc1ccc(NC(=O)C(C)Sc2nc3cccc(-c4cccc(CO)c4)c3[nH]2)c(Cl)c1. The number of fused-ring (bicyclic) bond motifs is 1. The molecule has 1 unspecified atom stereocenters. The first-order valence-electron chi connectivity index (χ1n) is 9.87. The number of anilines is 1. The van der Waals surface area contributed by atoms with Crippen LogP contribution in [0.25, 0.3) is 22.2 Å². The van der Waals surface area contributed by atoms with Crippen LogP contribution < -0.4 is 5.32 Å². The number of halogens is 1. The maximum absolute atomic E-state index is 12.7. The van der Waals surface area contributed by atoms with Gasteiger partial charge >= 0.3 is 0 Å². The molecule has 4 aromatic rings. The predicted molar refractivity (Wildman–Crippen MR) is 128 cm³/mol. The molecule has 3 aromatic carbocycles. The molecule has 1 aromatic heterocycles. The fourth-order valence-electron chi connectivity index (χ4n) is 3.32. The van der Waals surface area contributed by atoms with E-state index in [0.717, 1.165) is 33.3 Å². The second kappa shape index (κ2) is 9.14. The molecule has 3 N–H and O–H groups in total. The number of carbonyl (C=O) groups is 1. The van der Waals surface area contributed by atoms with Gasteiger partial charge in [0.05, 0.1) is 33.6 Å². The van der Waals surface area contributed by atoms with E-state index in [4.69, 9.17) is 11.6 Å². The predicted octanol–water partition coefficient (Wildman–Crippen LogP) is 5.80. The molecule has 0 saturated heterocycles. The number of amides is 1. The molecule has 1 heterocycles. The second-order valence-electron chi connectivity index (χ2n) is 7.33. The molecule has 0 saturated carbocycles. The maximum atomic E-state index is 12.7. The van der Waals surface area contributed by atoms with Crippen LogP contribution in [0.4, 0.5) is 5.69 Å². The number of thioether (sulfide) groups is 1. The molecule has 0 spiro atoms. The summed E-state index contributed by atoms with van der Waals surface area (Å²) in [6, 6.07) is 19.2. The number of nitrogens with one attached hydrogen (secondary N) is 2.